The molecule has 2 aliphatic rings. The lowest BCUT2D eigenvalue weighted by molar-refractivity contribution is -0.129. The average molecular weight is 485 g/mol. The molecule has 1 N–H and O–H groups in total. The number of fused-ring (bicyclic) bond motifs is 1. The quantitative estimate of drug-likeness (QED) is 0.577. The Balaban J connectivity index is 1.30. The van der Waals surface area contributed by atoms with Gasteiger partial charge in [-0.25, -0.2) is 18.7 Å². The minimum absolute atomic E-state index is 0.0130. The lowest BCUT2D eigenvalue weighted by Gasteiger charge is -2.36. The summed E-state index contributed by atoms with van der Waals surface area (Å²) in [5.74, 6) is 0.531. The highest BCUT2D eigenvalue weighted by molar-refractivity contribution is 5.79. The molecule has 1 atom stereocenters. The summed E-state index contributed by atoms with van der Waals surface area (Å²) in [6, 6.07) is 3.47. The molecule has 1 saturated heterocycles. The number of methoxy groups -OCH3 is 1. The summed E-state index contributed by atoms with van der Waals surface area (Å²) in [6.45, 7) is 2.97. The highest BCUT2D eigenvalue weighted by Crippen LogP contribution is 2.38. The lowest BCUT2D eigenvalue weighted by atomic mass is 9.86. The number of halogens is 2. The molecule has 5 rings (SSSR count). The van der Waals surface area contributed by atoms with Gasteiger partial charge < -0.3 is 15.0 Å². The van der Waals surface area contributed by atoms with Gasteiger partial charge in [0.15, 0.2) is 5.82 Å². The highest BCUT2D eigenvalue weighted by atomic mass is 19.3. The van der Waals surface area contributed by atoms with Gasteiger partial charge in [0.2, 0.25) is 17.6 Å². The largest absolute Gasteiger partial charge is 0.481 e. The van der Waals surface area contributed by atoms with Gasteiger partial charge in [0.1, 0.15) is 5.82 Å². The molecule has 1 amide bonds. The Morgan fingerprint density at radius 1 is 1.26 bits per heavy atom. The summed E-state index contributed by atoms with van der Waals surface area (Å²) < 4.78 is 31.2. The first-order valence-electron chi connectivity index (χ1n) is 11.3. The fourth-order valence-electron chi connectivity index (χ4n) is 4.69. The third-order valence-corrected chi connectivity index (χ3v) is 6.51. The van der Waals surface area contributed by atoms with Crippen molar-refractivity contribution in [3.63, 3.8) is 0 Å². The number of nitrogens with one attached hydrogen (secondary N) is 1. The smallest absolute Gasteiger partial charge is 0.297 e. The van der Waals surface area contributed by atoms with Gasteiger partial charge in [0.25, 0.3) is 6.43 Å². The minimum atomic E-state index is -2.85. The van der Waals surface area contributed by atoms with Gasteiger partial charge in [0.05, 0.1) is 37.5 Å². The first-order valence-corrected chi connectivity index (χ1v) is 11.3. The van der Waals surface area contributed by atoms with Crippen molar-refractivity contribution in [2.45, 2.75) is 44.6 Å². The molecule has 3 aromatic heterocycles. The number of ether oxygens (including phenoxy) is 1. The van der Waals surface area contributed by atoms with Crippen LogP contribution in [-0.4, -0.2) is 71.7 Å². The molecule has 3 aromatic rings. The van der Waals surface area contributed by atoms with Crippen LogP contribution in [0.1, 0.15) is 42.0 Å². The van der Waals surface area contributed by atoms with Crippen molar-refractivity contribution in [2.24, 2.45) is 7.05 Å². The van der Waals surface area contributed by atoms with Gasteiger partial charge in [-0.15, -0.1) is 10.2 Å². The van der Waals surface area contributed by atoms with Crippen LogP contribution in [0.5, 0.6) is 5.88 Å². The van der Waals surface area contributed by atoms with Crippen LogP contribution in [-0.2, 0) is 24.7 Å². The Labute approximate surface area is 199 Å². The molecule has 5 heterocycles. The van der Waals surface area contributed by atoms with Gasteiger partial charge in [-0.3, -0.25) is 4.79 Å². The molecular formula is C22H25F2N9O2. The van der Waals surface area contributed by atoms with E-state index in [9.17, 15) is 13.6 Å². The van der Waals surface area contributed by atoms with Crippen molar-refractivity contribution >= 4 is 11.7 Å². The van der Waals surface area contributed by atoms with E-state index in [1.54, 1.807) is 11.9 Å². The fourth-order valence-corrected chi connectivity index (χ4v) is 4.69. The zero-order valence-electron chi connectivity index (χ0n) is 19.6. The van der Waals surface area contributed by atoms with Crippen LogP contribution in [0.15, 0.2) is 12.1 Å². The average Bonchev–Trinajstić information content (AvgIpc) is 3.45. The Kier molecular flexibility index (Phi) is 5.77. The molecule has 0 bridgehead atoms. The maximum absolute atomic E-state index is 13.1. The third kappa shape index (κ3) is 4.49. The molecular weight excluding hydrogens is 460 g/mol. The standard InChI is InChI=1S/C22H25F2N9O2/c1-12-15(20-29-31-32(2)30-20)8-13-4-5-22(28-19(13)25-12)6-7-33(11-22)17(34)10-14-9-16(35-3)27-21(26-14)18(23)24/h8-9,18H,4-7,10-11H2,1-3H3,(H,25,28)/t22-/m0/s1. The molecule has 1 spiro atoms. The second kappa shape index (κ2) is 8.78. The Morgan fingerprint density at radius 2 is 2.09 bits per heavy atom. The summed E-state index contributed by atoms with van der Waals surface area (Å²) in [4.78, 5) is 28.4. The predicted octanol–water partition coefficient (Wildman–Crippen LogP) is 1.89. The number of hydrogen-bond acceptors (Lipinski definition) is 9. The van der Waals surface area contributed by atoms with E-state index in [1.165, 1.54) is 18.0 Å². The minimum Gasteiger partial charge on any atom is -0.481 e. The molecule has 35 heavy (non-hydrogen) atoms. The van der Waals surface area contributed by atoms with E-state index < -0.39 is 12.2 Å². The SMILES string of the molecule is COc1cc(CC(=O)N2CC[C@@]3(CCc4cc(-c5nnn(C)n5)c(C)nc4N3)C2)nc(C(F)F)n1. The second-order valence-corrected chi connectivity index (χ2v) is 8.94. The molecule has 0 unspecified atom stereocenters. The van der Waals surface area contributed by atoms with Crippen LogP contribution in [0, 0.1) is 6.92 Å². The van der Waals surface area contributed by atoms with Gasteiger partial charge >= 0.3 is 0 Å². The molecule has 11 nitrogen and oxygen atoms in total. The van der Waals surface area contributed by atoms with Gasteiger partial charge in [0, 0.05) is 24.7 Å². The van der Waals surface area contributed by atoms with E-state index in [0.717, 1.165) is 41.9 Å². The monoisotopic (exact) mass is 485 g/mol. The first-order chi connectivity index (χ1) is 16.7. The maximum atomic E-state index is 13.1. The first kappa shape index (κ1) is 23.0. The van der Waals surface area contributed by atoms with Crippen molar-refractivity contribution in [2.75, 3.05) is 25.5 Å². The van der Waals surface area contributed by atoms with Crippen LogP contribution >= 0.6 is 0 Å². The number of tetrazole rings is 1. The van der Waals surface area contributed by atoms with Crippen molar-refractivity contribution in [1.82, 2.24) is 40.1 Å². The Morgan fingerprint density at radius 3 is 2.80 bits per heavy atom. The number of alkyl halides is 2. The molecule has 0 saturated carbocycles. The van der Waals surface area contributed by atoms with Gasteiger partial charge in [-0.05, 0) is 43.0 Å². The number of nitrogens with zero attached hydrogens (tertiary/aromatic N) is 8. The maximum Gasteiger partial charge on any atom is 0.297 e. The van der Waals surface area contributed by atoms with E-state index in [-0.39, 0.29) is 29.4 Å². The van der Waals surface area contributed by atoms with Crippen molar-refractivity contribution in [3.8, 4) is 17.3 Å². The van der Waals surface area contributed by atoms with E-state index in [1.807, 2.05) is 6.92 Å². The van der Waals surface area contributed by atoms with Crippen molar-refractivity contribution < 1.29 is 18.3 Å². The van der Waals surface area contributed by atoms with Crippen LogP contribution in [0.25, 0.3) is 11.4 Å². The normalized spacial score (nSPS) is 19.2. The lowest BCUT2D eigenvalue weighted by Crippen LogP contribution is -2.45. The molecule has 0 aromatic carbocycles. The zero-order chi connectivity index (χ0) is 24.7. The van der Waals surface area contributed by atoms with Crippen LogP contribution in [0.4, 0.5) is 14.6 Å². The number of hydrogen-bond donors (Lipinski definition) is 1. The molecule has 2 aliphatic heterocycles. The third-order valence-electron chi connectivity index (χ3n) is 6.51. The molecule has 0 radical (unpaired) electrons. The van der Waals surface area contributed by atoms with Crippen LogP contribution < -0.4 is 10.1 Å². The van der Waals surface area contributed by atoms with Crippen molar-refractivity contribution in [1.29, 1.82) is 0 Å². The molecule has 1 fully saturated rings. The predicted molar refractivity (Wildman–Crippen MR) is 120 cm³/mol. The summed E-state index contributed by atoms with van der Waals surface area (Å²) >= 11 is 0. The van der Waals surface area contributed by atoms with Crippen LogP contribution in [0.2, 0.25) is 0 Å². The highest BCUT2D eigenvalue weighted by Gasteiger charge is 2.42. The van der Waals surface area contributed by atoms with E-state index >= 15 is 0 Å². The number of amides is 1. The van der Waals surface area contributed by atoms with Gasteiger partial charge in [-0.1, -0.05) is 0 Å². The summed E-state index contributed by atoms with van der Waals surface area (Å²) in [6.07, 6.45) is -0.551. The Hall–Kier alpha value is -3.77. The summed E-state index contributed by atoms with van der Waals surface area (Å²) in [5, 5.41) is 15.9. The molecule has 13 heteroatoms. The number of rotatable bonds is 5. The number of aromatic nitrogens is 7. The summed E-state index contributed by atoms with van der Waals surface area (Å²) in [7, 11) is 3.05. The second-order valence-electron chi connectivity index (χ2n) is 8.94. The van der Waals surface area contributed by atoms with E-state index in [2.05, 4.69) is 36.8 Å². The zero-order valence-corrected chi connectivity index (χ0v) is 19.6. The molecule has 0 aliphatic carbocycles. The number of aryl methyl sites for hydroxylation is 3. The number of carbonyl (C=O) groups is 1. The van der Waals surface area contributed by atoms with E-state index in [4.69, 9.17) is 9.72 Å². The number of carbonyl (C=O) groups excluding carboxylic acids is 1. The van der Waals surface area contributed by atoms with Crippen LogP contribution in [0.3, 0.4) is 0 Å². The number of anilines is 1. The Bertz CT molecular complexity index is 1280. The van der Waals surface area contributed by atoms with E-state index in [0.29, 0.717) is 18.9 Å². The summed E-state index contributed by atoms with van der Waals surface area (Å²) in [5.41, 5.74) is 2.64. The number of pyridine rings is 1. The fraction of sp³-hybridized carbons (Fsp3) is 0.500. The van der Waals surface area contributed by atoms with Crippen molar-refractivity contribution in [3.05, 3.63) is 34.9 Å². The van der Waals surface area contributed by atoms with Gasteiger partial charge in [-0.2, -0.15) is 9.78 Å². The number of likely N-dealkylation sites (tertiary alicyclic amines) is 1. The topological polar surface area (TPSA) is 124 Å². The molecule has 184 valence electrons.